The summed E-state index contributed by atoms with van der Waals surface area (Å²) in [6.45, 7) is 4.82. The zero-order chi connectivity index (χ0) is 20.4. The van der Waals surface area contributed by atoms with Gasteiger partial charge in [0, 0.05) is 5.69 Å². The zero-order valence-corrected chi connectivity index (χ0v) is 15.8. The van der Waals surface area contributed by atoms with Crippen molar-refractivity contribution in [3.63, 3.8) is 0 Å². The van der Waals surface area contributed by atoms with Gasteiger partial charge in [0.15, 0.2) is 11.5 Å². The summed E-state index contributed by atoms with van der Waals surface area (Å²) in [6.07, 6.45) is 2.24. The van der Waals surface area contributed by atoms with Gasteiger partial charge in [-0.2, -0.15) is 5.10 Å². The average Bonchev–Trinajstić information content (AvgIpc) is 2.70. The monoisotopic (exact) mass is 385 g/mol. The van der Waals surface area contributed by atoms with E-state index < -0.39 is 11.8 Å². The number of aromatic hydroxyl groups is 1. The maximum Gasteiger partial charge on any atom is 0.329 e. The molecule has 2 rings (SSSR count). The largest absolute Gasteiger partial charge is 0.504 e. The lowest BCUT2D eigenvalue weighted by molar-refractivity contribution is -0.136. The maximum atomic E-state index is 11.9. The number of nitrogens with one attached hydrogen (secondary N) is 2. The number of benzene rings is 2. The molecule has 0 bridgehead atoms. The van der Waals surface area contributed by atoms with Crippen LogP contribution in [0.2, 0.25) is 0 Å². The number of phenolic OH excluding ortho intramolecular Hbond substituents is 1. The summed E-state index contributed by atoms with van der Waals surface area (Å²) in [5, 5.41) is 15.9. The lowest BCUT2D eigenvalue weighted by Gasteiger charge is -2.07. The number of hydrogen-bond donors (Lipinski definition) is 3. The molecule has 0 heterocycles. The van der Waals surface area contributed by atoms with Crippen LogP contribution in [-0.2, 0) is 9.59 Å². The Bertz CT molecular complexity index is 834. The first-order valence-electron chi connectivity index (χ1n) is 8.86. The van der Waals surface area contributed by atoms with Crippen molar-refractivity contribution in [2.45, 2.75) is 20.3 Å². The van der Waals surface area contributed by atoms with Gasteiger partial charge in [-0.05, 0) is 61.4 Å². The highest BCUT2D eigenvalue weighted by Crippen LogP contribution is 2.26. The third-order valence-electron chi connectivity index (χ3n) is 3.45. The van der Waals surface area contributed by atoms with Crippen molar-refractivity contribution >= 4 is 23.7 Å². The van der Waals surface area contributed by atoms with Crippen LogP contribution < -0.4 is 20.2 Å². The Morgan fingerprint density at radius 2 is 1.82 bits per heavy atom. The van der Waals surface area contributed by atoms with Crippen LogP contribution in [0.3, 0.4) is 0 Å². The lowest BCUT2D eigenvalue weighted by atomic mass is 10.2. The van der Waals surface area contributed by atoms with Gasteiger partial charge >= 0.3 is 11.8 Å². The molecule has 2 aromatic carbocycles. The number of anilines is 1. The number of phenols is 1. The number of rotatable bonds is 8. The molecule has 148 valence electrons. The third kappa shape index (κ3) is 6.31. The second kappa shape index (κ2) is 10.6. The fourth-order valence-electron chi connectivity index (χ4n) is 2.14. The minimum Gasteiger partial charge on any atom is -0.504 e. The van der Waals surface area contributed by atoms with Crippen LogP contribution in [0.1, 0.15) is 25.8 Å². The number of amides is 2. The SMILES string of the molecule is CCCOc1ccc(NC(=O)C(=O)N/N=C\c2ccc(O)c(OCC)c2)cc1. The van der Waals surface area contributed by atoms with Crippen LogP contribution in [0.4, 0.5) is 5.69 Å². The molecule has 3 N–H and O–H groups in total. The number of nitrogens with zero attached hydrogens (tertiary/aromatic N) is 1. The van der Waals surface area contributed by atoms with Crippen LogP contribution in [0.5, 0.6) is 17.2 Å². The van der Waals surface area contributed by atoms with Gasteiger partial charge in [-0.1, -0.05) is 6.92 Å². The van der Waals surface area contributed by atoms with E-state index >= 15 is 0 Å². The second-order valence-corrected chi connectivity index (χ2v) is 5.69. The highest BCUT2D eigenvalue weighted by Gasteiger charge is 2.13. The summed E-state index contributed by atoms with van der Waals surface area (Å²) in [5.74, 6) is -0.754. The highest BCUT2D eigenvalue weighted by atomic mass is 16.5. The minimum absolute atomic E-state index is 0.00789. The standard InChI is InChI=1S/C20H23N3O5/c1-3-11-28-16-8-6-15(7-9-16)22-19(25)20(26)23-21-13-14-5-10-17(24)18(12-14)27-4-2/h5-10,12-13,24H,3-4,11H2,1-2H3,(H,22,25)(H,23,26)/b21-13-. The van der Waals surface area contributed by atoms with E-state index in [9.17, 15) is 14.7 Å². The highest BCUT2D eigenvalue weighted by molar-refractivity contribution is 6.39. The topological polar surface area (TPSA) is 109 Å². The molecular formula is C20H23N3O5. The van der Waals surface area contributed by atoms with E-state index in [1.807, 2.05) is 6.92 Å². The number of hydrazone groups is 1. The smallest absolute Gasteiger partial charge is 0.329 e. The van der Waals surface area contributed by atoms with E-state index in [0.717, 1.165) is 6.42 Å². The Hall–Kier alpha value is -3.55. The number of ether oxygens (including phenoxy) is 2. The van der Waals surface area contributed by atoms with E-state index in [2.05, 4.69) is 15.8 Å². The van der Waals surface area contributed by atoms with Crippen molar-refractivity contribution in [2.75, 3.05) is 18.5 Å². The number of carbonyl (C=O) groups excluding carboxylic acids is 2. The van der Waals surface area contributed by atoms with Gasteiger partial charge in [0.05, 0.1) is 19.4 Å². The van der Waals surface area contributed by atoms with Crippen molar-refractivity contribution in [1.82, 2.24) is 5.43 Å². The van der Waals surface area contributed by atoms with Gasteiger partial charge < -0.3 is 19.9 Å². The first-order chi connectivity index (χ1) is 13.5. The van der Waals surface area contributed by atoms with Gasteiger partial charge in [0.1, 0.15) is 5.75 Å². The predicted molar refractivity (Wildman–Crippen MR) is 106 cm³/mol. The van der Waals surface area contributed by atoms with Crippen molar-refractivity contribution < 1.29 is 24.2 Å². The molecule has 0 aromatic heterocycles. The van der Waals surface area contributed by atoms with Crippen molar-refractivity contribution in [3.05, 3.63) is 48.0 Å². The van der Waals surface area contributed by atoms with Gasteiger partial charge in [0.25, 0.3) is 0 Å². The van der Waals surface area contributed by atoms with Crippen molar-refractivity contribution in [1.29, 1.82) is 0 Å². The predicted octanol–water partition coefficient (Wildman–Crippen LogP) is 2.67. The van der Waals surface area contributed by atoms with Gasteiger partial charge in [-0.3, -0.25) is 9.59 Å². The van der Waals surface area contributed by atoms with Crippen LogP contribution in [0, 0.1) is 0 Å². The van der Waals surface area contributed by atoms with Gasteiger partial charge in [-0.15, -0.1) is 0 Å². The van der Waals surface area contributed by atoms with Crippen LogP contribution in [0.15, 0.2) is 47.6 Å². The Morgan fingerprint density at radius 1 is 1.07 bits per heavy atom. The van der Waals surface area contributed by atoms with Crippen LogP contribution >= 0.6 is 0 Å². The van der Waals surface area contributed by atoms with E-state index in [-0.39, 0.29) is 5.75 Å². The average molecular weight is 385 g/mol. The molecule has 0 saturated heterocycles. The lowest BCUT2D eigenvalue weighted by Crippen LogP contribution is -2.32. The minimum atomic E-state index is -0.911. The van der Waals surface area contributed by atoms with Gasteiger partial charge in [-0.25, -0.2) is 5.43 Å². The molecule has 0 unspecified atom stereocenters. The summed E-state index contributed by atoms with van der Waals surface area (Å²) in [7, 11) is 0. The fraction of sp³-hybridized carbons (Fsp3) is 0.250. The van der Waals surface area contributed by atoms with Crippen molar-refractivity contribution in [3.8, 4) is 17.2 Å². The molecule has 0 radical (unpaired) electrons. The first kappa shape index (κ1) is 20.8. The molecule has 2 aromatic rings. The third-order valence-corrected chi connectivity index (χ3v) is 3.45. The molecule has 8 nitrogen and oxygen atoms in total. The molecule has 28 heavy (non-hydrogen) atoms. The Balaban J connectivity index is 1.87. The molecule has 8 heteroatoms. The number of hydrogen-bond acceptors (Lipinski definition) is 6. The molecule has 0 saturated carbocycles. The summed E-state index contributed by atoms with van der Waals surface area (Å²) in [4.78, 5) is 23.8. The van der Waals surface area contributed by atoms with E-state index in [0.29, 0.717) is 36.0 Å². The molecule has 0 spiro atoms. The molecule has 2 amide bonds. The van der Waals surface area contributed by atoms with E-state index in [4.69, 9.17) is 9.47 Å². The number of carbonyl (C=O) groups is 2. The Morgan fingerprint density at radius 3 is 2.50 bits per heavy atom. The van der Waals surface area contributed by atoms with E-state index in [1.54, 1.807) is 43.3 Å². The fourth-order valence-corrected chi connectivity index (χ4v) is 2.14. The van der Waals surface area contributed by atoms with Crippen molar-refractivity contribution in [2.24, 2.45) is 5.10 Å². The van der Waals surface area contributed by atoms with Gasteiger partial charge in [0.2, 0.25) is 0 Å². The zero-order valence-electron chi connectivity index (χ0n) is 15.8. The summed E-state index contributed by atoms with van der Waals surface area (Å²) >= 11 is 0. The van der Waals surface area contributed by atoms with Crippen LogP contribution in [0.25, 0.3) is 0 Å². The van der Waals surface area contributed by atoms with Crippen LogP contribution in [-0.4, -0.2) is 36.3 Å². The first-order valence-corrected chi connectivity index (χ1v) is 8.86. The molecule has 0 aliphatic heterocycles. The normalized spacial score (nSPS) is 10.5. The summed E-state index contributed by atoms with van der Waals surface area (Å²) in [5.41, 5.74) is 3.20. The Labute approximate surface area is 163 Å². The molecule has 0 fully saturated rings. The molecule has 0 aliphatic rings. The Kier molecular flexibility index (Phi) is 7.83. The maximum absolute atomic E-state index is 11.9. The molecular weight excluding hydrogens is 362 g/mol. The summed E-state index contributed by atoms with van der Waals surface area (Å²) < 4.78 is 10.7. The van der Waals surface area contributed by atoms with E-state index in [1.165, 1.54) is 12.3 Å². The molecule has 0 aliphatic carbocycles. The quantitative estimate of drug-likeness (QED) is 0.368. The second-order valence-electron chi connectivity index (χ2n) is 5.69. The molecule has 0 atom stereocenters. The summed E-state index contributed by atoms with van der Waals surface area (Å²) in [6, 6.07) is 11.3.